The van der Waals surface area contributed by atoms with E-state index in [2.05, 4.69) is 5.32 Å². The molecule has 1 unspecified atom stereocenters. The minimum Gasteiger partial charge on any atom is -0.469 e. The lowest BCUT2D eigenvalue weighted by Gasteiger charge is -2.25. The van der Waals surface area contributed by atoms with Gasteiger partial charge in [-0.15, -0.1) is 0 Å². The lowest BCUT2D eigenvalue weighted by atomic mass is 9.86. The van der Waals surface area contributed by atoms with Crippen molar-refractivity contribution in [2.24, 2.45) is 11.1 Å². The van der Waals surface area contributed by atoms with Crippen LogP contribution in [0.15, 0.2) is 22.8 Å². The van der Waals surface area contributed by atoms with Crippen molar-refractivity contribution in [2.75, 3.05) is 6.54 Å². The zero-order valence-corrected chi connectivity index (χ0v) is 11.0. The molecular weight excluding hydrogens is 236 g/mol. The third kappa shape index (κ3) is 3.30. The van der Waals surface area contributed by atoms with Crippen molar-refractivity contribution in [1.29, 1.82) is 0 Å². The minimum absolute atomic E-state index is 0.126. The molecule has 3 N–H and O–H groups in total. The van der Waals surface area contributed by atoms with Crippen molar-refractivity contribution >= 4 is 23.1 Å². The van der Waals surface area contributed by atoms with Crippen LogP contribution in [0.3, 0.4) is 0 Å². The smallest absolute Gasteiger partial charge is 0.232 e. The van der Waals surface area contributed by atoms with Crippen molar-refractivity contribution in [3.8, 4) is 0 Å². The summed E-state index contributed by atoms with van der Waals surface area (Å²) < 4.78 is 5.17. The molecule has 0 radical (unpaired) electrons. The van der Waals surface area contributed by atoms with Gasteiger partial charge in [0.1, 0.15) is 5.76 Å². The van der Waals surface area contributed by atoms with Gasteiger partial charge in [0.25, 0.3) is 0 Å². The van der Waals surface area contributed by atoms with E-state index in [0.29, 0.717) is 19.4 Å². The van der Waals surface area contributed by atoms with Crippen LogP contribution < -0.4 is 11.1 Å². The van der Waals surface area contributed by atoms with Crippen molar-refractivity contribution in [2.45, 2.75) is 26.7 Å². The van der Waals surface area contributed by atoms with Gasteiger partial charge < -0.3 is 15.5 Å². The number of nitrogens with one attached hydrogen (secondary N) is 1. The van der Waals surface area contributed by atoms with E-state index in [0.717, 1.165) is 5.76 Å². The van der Waals surface area contributed by atoms with Crippen LogP contribution in [0.25, 0.3) is 0 Å². The summed E-state index contributed by atoms with van der Waals surface area (Å²) in [6.07, 6.45) is 2.87. The number of hydrogen-bond donors (Lipinski definition) is 2. The lowest BCUT2D eigenvalue weighted by Crippen LogP contribution is -2.47. The van der Waals surface area contributed by atoms with Crippen LogP contribution in [0, 0.1) is 5.41 Å². The predicted octanol–water partition coefficient (Wildman–Crippen LogP) is 1.64. The van der Waals surface area contributed by atoms with Gasteiger partial charge in [-0.05, 0) is 25.5 Å². The second-order valence-electron chi connectivity index (χ2n) is 4.14. The second kappa shape index (κ2) is 5.82. The van der Waals surface area contributed by atoms with Crippen LogP contribution >= 0.6 is 12.2 Å². The average Bonchev–Trinajstić information content (AvgIpc) is 2.80. The van der Waals surface area contributed by atoms with E-state index in [1.165, 1.54) is 0 Å². The summed E-state index contributed by atoms with van der Waals surface area (Å²) in [5, 5.41) is 2.83. The van der Waals surface area contributed by atoms with Crippen LogP contribution in [-0.4, -0.2) is 17.4 Å². The molecule has 5 heteroatoms. The van der Waals surface area contributed by atoms with Gasteiger partial charge in [-0.2, -0.15) is 0 Å². The van der Waals surface area contributed by atoms with Crippen molar-refractivity contribution in [1.82, 2.24) is 5.32 Å². The number of rotatable bonds is 6. The molecule has 1 aromatic rings. The van der Waals surface area contributed by atoms with Gasteiger partial charge in [-0.25, -0.2) is 0 Å². The molecule has 1 heterocycles. The third-order valence-electron chi connectivity index (χ3n) is 2.99. The number of carbonyl (C=O) groups is 1. The number of furan rings is 1. The summed E-state index contributed by atoms with van der Waals surface area (Å²) >= 11 is 4.93. The highest BCUT2D eigenvalue weighted by atomic mass is 32.1. The second-order valence-corrected chi connectivity index (χ2v) is 4.58. The van der Waals surface area contributed by atoms with Crippen LogP contribution in [0.5, 0.6) is 0 Å². The fraction of sp³-hybridized carbons (Fsp3) is 0.500. The molecule has 94 valence electrons. The zero-order valence-electron chi connectivity index (χ0n) is 10.2. The van der Waals surface area contributed by atoms with Crippen LogP contribution in [0.4, 0.5) is 0 Å². The monoisotopic (exact) mass is 254 g/mol. The van der Waals surface area contributed by atoms with Gasteiger partial charge in [0.15, 0.2) is 0 Å². The van der Waals surface area contributed by atoms with E-state index in [1.54, 1.807) is 13.2 Å². The summed E-state index contributed by atoms with van der Waals surface area (Å²) in [6.45, 7) is 4.17. The van der Waals surface area contributed by atoms with E-state index < -0.39 is 5.41 Å². The number of hydrogen-bond acceptors (Lipinski definition) is 3. The van der Waals surface area contributed by atoms with E-state index in [4.69, 9.17) is 22.4 Å². The maximum Gasteiger partial charge on any atom is 0.232 e. The molecular formula is C12H18N2O2S. The highest BCUT2D eigenvalue weighted by molar-refractivity contribution is 7.80. The molecule has 1 rings (SSSR count). The summed E-state index contributed by atoms with van der Waals surface area (Å²) in [5.74, 6) is 0.720. The molecule has 0 aliphatic heterocycles. The molecule has 1 aromatic heterocycles. The Bertz CT molecular complexity index is 389. The van der Waals surface area contributed by atoms with Gasteiger partial charge in [0.2, 0.25) is 5.91 Å². The van der Waals surface area contributed by atoms with Crippen LogP contribution in [0.1, 0.15) is 26.0 Å². The highest BCUT2D eigenvalue weighted by Crippen LogP contribution is 2.21. The summed E-state index contributed by atoms with van der Waals surface area (Å²) in [6, 6.07) is 3.70. The Kier molecular flexibility index (Phi) is 4.69. The maximum absolute atomic E-state index is 12.0. The van der Waals surface area contributed by atoms with Gasteiger partial charge in [-0.1, -0.05) is 19.1 Å². The Hall–Kier alpha value is -1.36. The SMILES string of the molecule is CCC(C)(C(=O)NCCc1ccco1)C(N)=S. The number of thiocarbonyl (C=S) groups is 1. The van der Waals surface area contributed by atoms with E-state index in [1.807, 2.05) is 19.1 Å². The summed E-state index contributed by atoms with van der Waals surface area (Å²) in [4.78, 5) is 12.2. The van der Waals surface area contributed by atoms with Gasteiger partial charge >= 0.3 is 0 Å². The average molecular weight is 254 g/mol. The maximum atomic E-state index is 12.0. The predicted molar refractivity (Wildman–Crippen MR) is 70.6 cm³/mol. The fourth-order valence-electron chi connectivity index (χ4n) is 1.40. The molecule has 1 amide bonds. The first-order valence-electron chi connectivity index (χ1n) is 5.61. The quantitative estimate of drug-likeness (QED) is 0.757. The topological polar surface area (TPSA) is 68.3 Å². The largest absolute Gasteiger partial charge is 0.469 e. The zero-order chi connectivity index (χ0) is 12.9. The molecule has 4 nitrogen and oxygen atoms in total. The molecule has 17 heavy (non-hydrogen) atoms. The van der Waals surface area contributed by atoms with Crippen molar-refractivity contribution < 1.29 is 9.21 Å². The molecule has 0 saturated heterocycles. The van der Waals surface area contributed by atoms with E-state index in [-0.39, 0.29) is 10.9 Å². The first kappa shape index (κ1) is 13.7. The van der Waals surface area contributed by atoms with E-state index >= 15 is 0 Å². The molecule has 0 aliphatic carbocycles. The van der Waals surface area contributed by atoms with Crippen LogP contribution in [0.2, 0.25) is 0 Å². The molecule has 1 atom stereocenters. The van der Waals surface area contributed by atoms with Gasteiger partial charge in [0.05, 0.1) is 16.7 Å². The molecule has 0 aromatic carbocycles. The molecule has 0 aliphatic rings. The third-order valence-corrected chi connectivity index (χ3v) is 3.44. The Morgan fingerprint density at radius 1 is 1.65 bits per heavy atom. The first-order valence-corrected chi connectivity index (χ1v) is 6.02. The molecule has 0 fully saturated rings. The van der Waals surface area contributed by atoms with Crippen molar-refractivity contribution in [3.05, 3.63) is 24.2 Å². The Morgan fingerprint density at radius 2 is 2.35 bits per heavy atom. The number of nitrogens with two attached hydrogens (primary N) is 1. The van der Waals surface area contributed by atoms with Gasteiger partial charge in [0, 0.05) is 13.0 Å². The number of carbonyl (C=O) groups excluding carboxylic acids is 1. The van der Waals surface area contributed by atoms with Crippen molar-refractivity contribution in [3.63, 3.8) is 0 Å². The number of amides is 1. The van der Waals surface area contributed by atoms with Crippen LogP contribution in [-0.2, 0) is 11.2 Å². The summed E-state index contributed by atoms with van der Waals surface area (Å²) in [7, 11) is 0. The Balaban J connectivity index is 2.46. The van der Waals surface area contributed by atoms with Gasteiger partial charge in [-0.3, -0.25) is 4.79 Å². The minimum atomic E-state index is -0.765. The lowest BCUT2D eigenvalue weighted by molar-refractivity contribution is -0.126. The first-order chi connectivity index (χ1) is 8.00. The molecule has 0 saturated carbocycles. The fourth-order valence-corrected chi connectivity index (χ4v) is 1.63. The standard InChI is InChI=1S/C12H18N2O2S/c1-3-12(2,10(13)17)11(15)14-7-6-9-5-4-8-16-9/h4-5,8H,3,6-7H2,1-2H3,(H2,13,17)(H,14,15). The molecule has 0 spiro atoms. The molecule has 0 bridgehead atoms. The Morgan fingerprint density at radius 3 is 2.82 bits per heavy atom. The Labute approximate surface area is 107 Å². The summed E-state index contributed by atoms with van der Waals surface area (Å²) in [5.41, 5.74) is 4.84. The highest BCUT2D eigenvalue weighted by Gasteiger charge is 2.34. The van der Waals surface area contributed by atoms with E-state index in [9.17, 15) is 4.79 Å². The normalized spacial score (nSPS) is 14.0.